The molecular weight excluding hydrogens is 250 g/mol. The van der Waals surface area contributed by atoms with Crippen LogP contribution in [-0.2, 0) is 0 Å². The topological polar surface area (TPSA) is 53.1 Å². The molecule has 1 aliphatic carbocycles. The van der Waals surface area contributed by atoms with E-state index in [1.165, 1.54) is 12.8 Å². The van der Waals surface area contributed by atoms with Gasteiger partial charge in [-0.05, 0) is 45.4 Å². The third kappa shape index (κ3) is 4.18. The molecule has 0 saturated heterocycles. The minimum atomic E-state index is 0. The average molecular weight is 274 g/mol. The lowest BCUT2D eigenvalue weighted by molar-refractivity contribution is 0.200. The summed E-state index contributed by atoms with van der Waals surface area (Å²) in [6, 6.07) is 0.801. The minimum absolute atomic E-state index is 0. The average Bonchev–Trinajstić information content (AvgIpc) is 2.77. The highest BCUT2D eigenvalue weighted by atomic mass is 35.5. The zero-order chi connectivity index (χ0) is 12.3. The summed E-state index contributed by atoms with van der Waals surface area (Å²) >= 11 is 0. The van der Waals surface area contributed by atoms with Crippen molar-refractivity contribution in [2.75, 3.05) is 6.61 Å². The summed E-state index contributed by atoms with van der Waals surface area (Å²) in [7, 11) is 0. The maximum absolute atomic E-state index is 5.89. The van der Waals surface area contributed by atoms with Crippen molar-refractivity contribution in [1.29, 1.82) is 0 Å². The third-order valence-corrected chi connectivity index (χ3v) is 3.48. The molecule has 1 fully saturated rings. The SMILES string of the molecule is CC(C)n1cc(OCC2CCC(N)CC2)cn1.Cl. The monoisotopic (exact) mass is 273 g/mol. The zero-order valence-corrected chi connectivity index (χ0v) is 12.0. The van der Waals surface area contributed by atoms with Gasteiger partial charge in [0.1, 0.15) is 0 Å². The predicted octanol–water partition coefficient (Wildman–Crippen LogP) is 2.78. The maximum Gasteiger partial charge on any atom is 0.157 e. The van der Waals surface area contributed by atoms with Crippen LogP contribution in [0.15, 0.2) is 12.4 Å². The van der Waals surface area contributed by atoms with Crippen molar-refractivity contribution in [1.82, 2.24) is 9.78 Å². The van der Waals surface area contributed by atoms with E-state index in [0.717, 1.165) is 25.2 Å². The molecule has 0 spiro atoms. The molecule has 4 nitrogen and oxygen atoms in total. The first-order chi connectivity index (χ1) is 8.15. The number of nitrogens with zero attached hydrogens (tertiary/aromatic N) is 2. The maximum atomic E-state index is 5.89. The van der Waals surface area contributed by atoms with E-state index in [1.807, 2.05) is 10.9 Å². The lowest BCUT2D eigenvalue weighted by Crippen LogP contribution is -2.28. The molecule has 1 saturated carbocycles. The smallest absolute Gasteiger partial charge is 0.157 e. The standard InChI is InChI=1S/C13H23N3O.ClH/c1-10(2)16-8-13(7-15-16)17-9-11-3-5-12(14)6-4-11;/h7-8,10-12H,3-6,9,14H2,1-2H3;1H. The molecule has 0 bridgehead atoms. The first kappa shape index (κ1) is 15.3. The van der Waals surface area contributed by atoms with Gasteiger partial charge >= 0.3 is 0 Å². The van der Waals surface area contributed by atoms with Crippen LogP contribution in [0, 0.1) is 5.92 Å². The Balaban J connectivity index is 0.00000162. The van der Waals surface area contributed by atoms with Crippen molar-refractivity contribution in [2.45, 2.75) is 51.6 Å². The summed E-state index contributed by atoms with van der Waals surface area (Å²) in [5, 5.41) is 4.26. The molecule has 1 heterocycles. The van der Waals surface area contributed by atoms with Gasteiger partial charge in [-0.25, -0.2) is 0 Å². The van der Waals surface area contributed by atoms with E-state index in [9.17, 15) is 0 Å². The van der Waals surface area contributed by atoms with Gasteiger partial charge in [0.15, 0.2) is 5.75 Å². The van der Waals surface area contributed by atoms with Crippen molar-refractivity contribution < 1.29 is 4.74 Å². The Hall–Kier alpha value is -0.740. The lowest BCUT2D eigenvalue weighted by Gasteiger charge is -2.25. The Morgan fingerprint density at radius 1 is 1.39 bits per heavy atom. The van der Waals surface area contributed by atoms with Crippen LogP contribution in [0.25, 0.3) is 0 Å². The third-order valence-electron chi connectivity index (χ3n) is 3.48. The van der Waals surface area contributed by atoms with Gasteiger partial charge in [-0.2, -0.15) is 5.10 Å². The summed E-state index contributed by atoms with van der Waals surface area (Å²) in [5.74, 6) is 1.55. The summed E-state index contributed by atoms with van der Waals surface area (Å²) < 4.78 is 7.71. The van der Waals surface area contributed by atoms with E-state index in [0.29, 0.717) is 18.0 Å². The Bertz CT molecular complexity index is 346. The molecule has 0 amide bonds. The molecule has 5 heteroatoms. The molecular formula is C13H24ClN3O. The van der Waals surface area contributed by atoms with Crippen LogP contribution >= 0.6 is 12.4 Å². The van der Waals surface area contributed by atoms with Crippen LogP contribution in [0.1, 0.15) is 45.6 Å². The molecule has 0 atom stereocenters. The predicted molar refractivity (Wildman–Crippen MR) is 75.3 cm³/mol. The van der Waals surface area contributed by atoms with Crippen molar-refractivity contribution in [3.63, 3.8) is 0 Å². The second-order valence-corrected chi connectivity index (χ2v) is 5.34. The molecule has 1 aliphatic rings. The molecule has 1 aromatic heterocycles. The van der Waals surface area contributed by atoms with Crippen LogP contribution in [0.2, 0.25) is 0 Å². The molecule has 18 heavy (non-hydrogen) atoms. The number of hydrogen-bond acceptors (Lipinski definition) is 3. The van der Waals surface area contributed by atoms with Crippen molar-refractivity contribution in [3.05, 3.63) is 12.4 Å². The number of nitrogens with two attached hydrogens (primary N) is 1. The summed E-state index contributed by atoms with van der Waals surface area (Å²) in [5.41, 5.74) is 5.89. The highest BCUT2D eigenvalue weighted by Crippen LogP contribution is 2.24. The first-order valence-electron chi connectivity index (χ1n) is 6.57. The van der Waals surface area contributed by atoms with Gasteiger partial charge in [0.25, 0.3) is 0 Å². The Morgan fingerprint density at radius 2 is 2.06 bits per heavy atom. The number of rotatable bonds is 4. The number of aromatic nitrogens is 2. The van der Waals surface area contributed by atoms with E-state index in [1.54, 1.807) is 6.20 Å². The Kier molecular flexibility index (Phi) is 5.96. The van der Waals surface area contributed by atoms with Crippen molar-refractivity contribution in [3.8, 4) is 5.75 Å². The van der Waals surface area contributed by atoms with Crippen LogP contribution in [0.3, 0.4) is 0 Å². The van der Waals surface area contributed by atoms with E-state index in [-0.39, 0.29) is 12.4 Å². The summed E-state index contributed by atoms with van der Waals surface area (Å²) in [6.45, 7) is 5.02. The Morgan fingerprint density at radius 3 is 2.61 bits per heavy atom. The first-order valence-corrected chi connectivity index (χ1v) is 6.57. The van der Waals surface area contributed by atoms with E-state index < -0.39 is 0 Å². The molecule has 2 N–H and O–H groups in total. The zero-order valence-electron chi connectivity index (χ0n) is 11.2. The van der Waals surface area contributed by atoms with Crippen LogP contribution < -0.4 is 10.5 Å². The second-order valence-electron chi connectivity index (χ2n) is 5.34. The Labute approximate surface area is 115 Å². The van der Waals surface area contributed by atoms with E-state index in [4.69, 9.17) is 10.5 Å². The molecule has 104 valence electrons. The number of halogens is 1. The molecule has 0 radical (unpaired) electrons. The molecule has 0 aliphatic heterocycles. The minimum Gasteiger partial charge on any atom is -0.490 e. The van der Waals surface area contributed by atoms with Gasteiger partial charge in [-0.1, -0.05) is 0 Å². The van der Waals surface area contributed by atoms with Gasteiger partial charge < -0.3 is 10.5 Å². The highest BCUT2D eigenvalue weighted by Gasteiger charge is 2.19. The van der Waals surface area contributed by atoms with E-state index in [2.05, 4.69) is 18.9 Å². The summed E-state index contributed by atoms with van der Waals surface area (Å²) in [4.78, 5) is 0. The fraction of sp³-hybridized carbons (Fsp3) is 0.769. The van der Waals surface area contributed by atoms with Gasteiger partial charge in [0.2, 0.25) is 0 Å². The molecule has 2 rings (SSSR count). The number of hydrogen-bond donors (Lipinski definition) is 1. The van der Waals surface area contributed by atoms with Crippen LogP contribution in [0.5, 0.6) is 5.75 Å². The second kappa shape index (κ2) is 7.00. The van der Waals surface area contributed by atoms with Crippen LogP contribution in [-0.4, -0.2) is 22.4 Å². The van der Waals surface area contributed by atoms with Crippen molar-refractivity contribution in [2.24, 2.45) is 11.7 Å². The quantitative estimate of drug-likeness (QED) is 0.918. The fourth-order valence-electron chi connectivity index (χ4n) is 2.25. The molecule has 1 aromatic rings. The van der Waals surface area contributed by atoms with Gasteiger partial charge in [0, 0.05) is 12.1 Å². The van der Waals surface area contributed by atoms with Gasteiger partial charge in [0.05, 0.1) is 19.0 Å². The molecule has 0 unspecified atom stereocenters. The highest BCUT2D eigenvalue weighted by molar-refractivity contribution is 5.85. The van der Waals surface area contributed by atoms with Crippen molar-refractivity contribution >= 4 is 12.4 Å². The number of ether oxygens (including phenoxy) is 1. The fourth-order valence-corrected chi connectivity index (χ4v) is 2.25. The summed E-state index contributed by atoms with van der Waals surface area (Å²) in [6.07, 6.45) is 8.44. The largest absolute Gasteiger partial charge is 0.490 e. The van der Waals surface area contributed by atoms with Crippen LogP contribution in [0.4, 0.5) is 0 Å². The van der Waals surface area contributed by atoms with Gasteiger partial charge in [-0.15, -0.1) is 12.4 Å². The van der Waals surface area contributed by atoms with E-state index >= 15 is 0 Å². The lowest BCUT2D eigenvalue weighted by atomic mass is 9.87. The molecule has 0 aromatic carbocycles. The van der Waals surface area contributed by atoms with Gasteiger partial charge in [-0.3, -0.25) is 4.68 Å². The normalized spacial score (nSPS) is 23.8.